The van der Waals surface area contributed by atoms with Gasteiger partial charge in [-0.1, -0.05) is 0 Å². The van der Waals surface area contributed by atoms with Crippen LogP contribution in [0.5, 0.6) is 5.75 Å². The number of nitro benzene ring substituents is 1. The first-order valence-electron chi connectivity index (χ1n) is 6.07. The molecule has 1 N–H and O–H groups in total. The Balaban J connectivity index is 2.27. The molecule has 0 aliphatic heterocycles. The topological polar surface area (TPSA) is 115 Å². The van der Waals surface area contributed by atoms with Gasteiger partial charge in [0.05, 0.1) is 10.5 Å². The van der Waals surface area contributed by atoms with Crippen LogP contribution in [0, 0.1) is 10.1 Å². The van der Waals surface area contributed by atoms with Gasteiger partial charge >= 0.3 is 5.97 Å². The van der Waals surface area contributed by atoms with Gasteiger partial charge in [0.25, 0.3) is 5.69 Å². The molecule has 1 aromatic carbocycles. The zero-order chi connectivity index (χ0) is 16.1. The van der Waals surface area contributed by atoms with Crippen LogP contribution in [-0.4, -0.2) is 27.7 Å². The number of hydrogen-bond acceptors (Lipinski definition) is 6. The first-order chi connectivity index (χ1) is 10.5. The van der Waals surface area contributed by atoms with Crippen LogP contribution in [0.4, 0.5) is 11.5 Å². The number of rotatable bonds is 6. The van der Waals surface area contributed by atoms with Gasteiger partial charge in [0.2, 0.25) is 0 Å². The van der Waals surface area contributed by atoms with Gasteiger partial charge in [0, 0.05) is 18.3 Å². The Kier molecular flexibility index (Phi) is 4.42. The van der Waals surface area contributed by atoms with Crippen molar-refractivity contribution in [2.75, 3.05) is 0 Å². The van der Waals surface area contributed by atoms with Crippen LogP contribution >= 0.6 is 0 Å². The van der Waals surface area contributed by atoms with Gasteiger partial charge < -0.3 is 9.84 Å². The number of aromatic carboxylic acids is 1. The molecule has 0 spiro atoms. The maximum Gasteiger partial charge on any atom is 0.335 e. The average molecular weight is 301 g/mol. The van der Waals surface area contributed by atoms with Gasteiger partial charge in [-0.25, -0.2) is 14.8 Å². The second-order valence-electron chi connectivity index (χ2n) is 4.22. The summed E-state index contributed by atoms with van der Waals surface area (Å²) >= 11 is 0. The van der Waals surface area contributed by atoms with Crippen LogP contribution in [0.1, 0.15) is 15.9 Å². The second-order valence-corrected chi connectivity index (χ2v) is 4.22. The minimum absolute atomic E-state index is 0.0594. The number of aliphatic imine (C=N–C) groups is 1. The molecule has 22 heavy (non-hydrogen) atoms. The molecule has 2 aromatic rings. The minimum Gasteiger partial charge on any atom is -0.485 e. The Morgan fingerprint density at radius 3 is 2.86 bits per heavy atom. The normalized spacial score (nSPS) is 10.0. The predicted molar refractivity (Wildman–Crippen MR) is 77.8 cm³/mol. The molecule has 8 heteroatoms. The van der Waals surface area contributed by atoms with Crippen LogP contribution in [0.3, 0.4) is 0 Å². The molecule has 0 amide bonds. The molecule has 0 aliphatic carbocycles. The molecular weight excluding hydrogens is 290 g/mol. The molecule has 112 valence electrons. The van der Waals surface area contributed by atoms with Crippen molar-refractivity contribution < 1.29 is 19.6 Å². The van der Waals surface area contributed by atoms with Gasteiger partial charge in [-0.05, 0) is 30.5 Å². The van der Waals surface area contributed by atoms with Crippen LogP contribution in [0.25, 0.3) is 0 Å². The van der Waals surface area contributed by atoms with Gasteiger partial charge in [0.1, 0.15) is 6.61 Å². The summed E-state index contributed by atoms with van der Waals surface area (Å²) in [5.74, 6) is -0.618. The third-order valence-electron chi connectivity index (χ3n) is 2.73. The maximum atomic E-state index is 11.0. The fourth-order valence-corrected chi connectivity index (χ4v) is 1.76. The van der Waals surface area contributed by atoms with E-state index >= 15 is 0 Å². The summed E-state index contributed by atoms with van der Waals surface area (Å²) in [6.07, 6.45) is 1.52. The Bertz CT molecular complexity index is 713. The first-order valence-corrected chi connectivity index (χ1v) is 6.07. The Morgan fingerprint density at radius 2 is 2.23 bits per heavy atom. The summed E-state index contributed by atoms with van der Waals surface area (Å²) in [5.41, 5.74) is -0.140. The number of hydrogen-bond donors (Lipinski definition) is 1. The van der Waals surface area contributed by atoms with E-state index in [1.54, 1.807) is 12.1 Å². The number of aromatic nitrogens is 1. The molecule has 0 fully saturated rings. The highest BCUT2D eigenvalue weighted by molar-refractivity contribution is 5.88. The number of carbonyl (C=O) groups is 1. The molecule has 0 radical (unpaired) electrons. The van der Waals surface area contributed by atoms with E-state index in [0.717, 1.165) is 6.07 Å². The summed E-state index contributed by atoms with van der Waals surface area (Å²) in [6, 6.07) is 6.82. The van der Waals surface area contributed by atoms with Gasteiger partial charge in [-0.2, -0.15) is 0 Å². The van der Waals surface area contributed by atoms with Crippen molar-refractivity contribution in [3.63, 3.8) is 0 Å². The number of carboxylic acids is 1. The SMILES string of the molecule is C=Nc1ncccc1OCc1cc(C(=O)O)cc([N+](=O)[O-])c1. The van der Waals surface area contributed by atoms with Gasteiger partial charge in [-0.15, -0.1) is 0 Å². The second kappa shape index (κ2) is 6.44. The number of pyridine rings is 1. The van der Waals surface area contributed by atoms with Crippen molar-refractivity contribution in [2.24, 2.45) is 4.99 Å². The highest BCUT2D eigenvalue weighted by Gasteiger charge is 2.14. The summed E-state index contributed by atoms with van der Waals surface area (Å²) in [5, 5.41) is 19.8. The minimum atomic E-state index is -1.25. The molecule has 0 aliphatic rings. The lowest BCUT2D eigenvalue weighted by Gasteiger charge is -2.08. The molecule has 0 unspecified atom stereocenters. The van der Waals surface area contributed by atoms with E-state index in [0.29, 0.717) is 11.3 Å². The van der Waals surface area contributed by atoms with Crippen molar-refractivity contribution in [2.45, 2.75) is 6.61 Å². The highest BCUT2D eigenvalue weighted by Crippen LogP contribution is 2.25. The fraction of sp³-hybridized carbons (Fsp3) is 0.0714. The van der Waals surface area contributed by atoms with Crippen LogP contribution in [-0.2, 0) is 6.61 Å². The molecular formula is C14H11N3O5. The molecule has 0 saturated carbocycles. The van der Waals surface area contributed by atoms with Crippen molar-refractivity contribution in [1.29, 1.82) is 0 Å². The number of nitro groups is 1. The van der Waals surface area contributed by atoms with Gasteiger partial charge in [-0.3, -0.25) is 10.1 Å². The number of ether oxygens (including phenoxy) is 1. The summed E-state index contributed by atoms with van der Waals surface area (Å²) < 4.78 is 5.47. The average Bonchev–Trinajstić information content (AvgIpc) is 2.52. The largest absolute Gasteiger partial charge is 0.485 e. The molecule has 1 aromatic heterocycles. The highest BCUT2D eigenvalue weighted by atomic mass is 16.6. The summed E-state index contributed by atoms with van der Waals surface area (Å²) in [7, 11) is 0. The molecule has 8 nitrogen and oxygen atoms in total. The van der Waals surface area contributed by atoms with Crippen molar-refractivity contribution in [1.82, 2.24) is 4.98 Å². The van der Waals surface area contributed by atoms with Crippen LogP contribution in [0.15, 0.2) is 41.5 Å². The molecule has 2 rings (SSSR count). The Hall–Kier alpha value is -3.29. The fourth-order valence-electron chi connectivity index (χ4n) is 1.76. The summed E-state index contributed by atoms with van der Waals surface area (Å²) in [6.45, 7) is 3.30. The van der Waals surface area contributed by atoms with Crippen LogP contribution < -0.4 is 4.74 Å². The van der Waals surface area contributed by atoms with E-state index in [-0.39, 0.29) is 23.7 Å². The van der Waals surface area contributed by atoms with E-state index in [9.17, 15) is 14.9 Å². The Morgan fingerprint density at radius 1 is 1.45 bits per heavy atom. The van der Waals surface area contributed by atoms with Crippen molar-refractivity contribution in [3.8, 4) is 5.75 Å². The van der Waals surface area contributed by atoms with Crippen LogP contribution in [0.2, 0.25) is 0 Å². The third-order valence-corrected chi connectivity index (χ3v) is 2.73. The van der Waals surface area contributed by atoms with E-state index in [1.165, 1.54) is 18.3 Å². The quantitative estimate of drug-likeness (QED) is 0.498. The van der Waals surface area contributed by atoms with E-state index < -0.39 is 10.9 Å². The van der Waals surface area contributed by atoms with Crippen molar-refractivity contribution in [3.05, 3.63) is 57.8 Å². The lowest BCUT2D eigenvalue weighted by atomic mass is 10.1. The van der Waals surface area contributed by atoms with E-state index in [4.69, 9.17) is 9.84 Å². The first kappa shape index (κ1) is 15.1. The summed E-state index contributed by atoms with van der Waals surface area (Å²) in [4.78, 5) is 28.8. The zero-order valence-corrected chi connectivity index (χ0v) is 11.3. The standard InChI is InChI=1S/C14H11N3O5/c1-15-13-12(3-2-4-16-13)22-8-9-5-10(14(18)19)7-11(6-9)17(20)21/h2-7H,1,8H2,(H,18,19). The number of benzene rings is 1. The van der Waals surface area contributed by atoms with Gasteiger partial charge in [0.15, 0.2) is 11.6 Å². The van der Waals surface area contributed by atoms with E-state index in [2.05, 4.69) is 16.7 Å². The Labute approximate surface area is 124 Å². The zero-order valence-electron chi connectivity index (χ0n) is 11.3. The lowest BCUT2D eigenvalue weighted by molar-refractivity contribution is -0.385. The number of nitrogens with zero attached hydrogens (tertiary/aromatic N) is 3. The maximum absolute atomic E-state index is 11.0. The third kappa shape index (κ3) is 3.42. The molecule has 0 atom stereocenters. The number of carboxylic acid groups (broad SMARTS) is 1. The van der Waals surface area contributed by atoms with E-state index in [1.807, 2.05) is 0 Å². The molecule has 0 saturated heterocycles. The number of non-ortho nitro benzene ring substituents is 1. The molecule has 1 heterocycles. The predicted octanol–water partition coefficient (Wildman–Crippen LogP) is 2.60. The molecule has 0 bridgehead atoms. The van der Waals surface area contributed by atoms with Crippen molar-refractivity contribution >= 4 is 24.2 Å². The monoisotopic (exact) mass is 301 g/mol. The lowest BCUT2D eigenvalue weighted by Crippen LogP contribution is -2.03. The smallest absolute Gasteiger partial charge is 0.335 e.